The van der Waals surface area contributed by atoms with E-state index in [0.29, 0.717) is 10.5 Å². The van der Waals surface area contributed by atoms with Gasteiger partial charge in [-0.05, 0) is 12.1 Å². The first kappa shape index (κ1) is 12.4. The number of nitrogens with one attached hydrogen (secondary N) is 1. The number of hydrogen-bond acceptors (Lipinski definition) is 2. The first-order chi connectivity index (χ1) is 8.75. The van der Waals surface area contributed by atoms with Crippen molar-refractivity contribution in [3.05, 3.63) is 42.0 Å². The number of benzene rings is 2. The number of Topliss-reactive ketones (excluding diaryl/α,β-unsaturated/α-hetero) is 1. The van der Waals surface area contributed by atoms with E-state index in [1.54, 1.807) is 0 Å². The van der Waals surface area contributed by atoms with Crippen molar-refractivity contribution in [3.8, 4) is 0 Å². The van der Waals surface area contributed by atoms with Gasteiger partial charge in [-0.3, -0.25) is 9.00 Å². The topological polar surface area (TPSA) is 49.9 Å². The number of aromatic amines is 1. The zero-order chi connectivity index (χ0) is 12.3. The molecule has 1 aliphatic rings. The Balaban J connectivity index is 0.00000110. The number of para-hydroxylation sites is 1. The average Bonchev–Trinajstić information content (AvgIpc) is 2.88. The second kappa shape index (κ2) is 4.18. The van der Waals surface area contributed by atoms with Crippen LogP contribution in [0.5, 0.6) is 0 Å². The van der Waals surface area contributed by atoms with Gasteiger partial charge >= 0.3 is 0 Å². The summed E-state index contributed by atoms with van der Waals surface area (Å²) in [5.41, 5.74) is 2.44. The van der Waals surface area contributed by atoms with E-state index in [9.17, 15) is 9.00 Å². The lowest BCUT2D eigenvalue weighted by Crippen LogP contribution is -1.98. The van der Waals surface area contributed by atoms with Gasteiger partial charge in [0.25, 0.3) is 0 Å². The highest BCUT2D eigenvalue weighted by Gasteiger charge is 2.29. The van der Waals surface area contributed by atoms with Gasteiger partial charge in [-0.2, -0.15) is 0 Å². The number of fused-ring (bicyclic) bond motifs is 5. The van der Waals surface area contributed by atoms with Crippen LogP contribution >= 0.6 is 12.4 Å². The minimum atomic E-state index is -1.18. The van der Waals surface area contributed by atoms with Crippen LogP contribution < -0.4 is 0 Å². The predicted octanol–water partition coefficient (Wildman–Crippen LogP) is 3.05. The van der Waals surface area contributed by atoms with Gasteiger partial charge in [-0.1, -0.05) is 24.3 Å². The van der Waals surface area contributed by atoms with E-state index >= 15 is 0 Å². The molecule has 0 radical (unpaired) electrons. The summed E-state index contributed by atoms with van der Waals surface area (Å²) in [4.78, 5) is 15.9. The van der Waals surface area contributed by atoms with E-state index in [-0.39, 0.29) is 23.9 Å². The van der Waals surface area contributed by atoms with Crippen LogP contribution in [-0.4, -0.2) is 20.7 Å². The van der Waals surface area contributed by atoms with Crippen LogP contribution in [0.3, 0.4) is 0 Å². The van der Waals surface area contributed by atoms with Gasteiger partial charge in [-0.25, -0.2) is 0 Å². The highest BCUT2D eigenvalue weighted by Crippen LogP contribution is 2.34. The number of hydrogen-bond donors (Lipinski definition) is 1. The maximum atomic E-state index is 12.0. The Kier molecular flexibility index (Phi) is 2.73. The molecule has 3 aromatic rings. The number of rotatable bonds is 0. The maximum Gasteiger partial charge on any atom is 0.179 e. The Hall–Kier alpha value is -1.65. The van der Waals surface area contributed by atoms with Crippen molar-refractivity contribution in [1.29, 1.82) is 0 Å². The molecule has 0 saturated carbocycles. The second-order valence-corrected chi connectivity index (χ2v) is 5.86. The lowest BCUT2D eigenvalue weighted by Gasteiger charge is -1.97. The molecular weight excluding hydrogens is 282 g/mol. The highest BCUT2D eigenvalue weighted by molar-refractivity contribution is 7.86. The van der Waals surface area contributed by atoms with E-state index in [1.807, 2.05) is 36.4 Å². The quantitative estimate of drug-likeness (QED) is 0.692. The lowest BCUT2D eigenvalue weighted by molar-refractivity contribution is 0.102. The molecule has 1 aromatic heterocycles. The Morgan fingerprint density at radius 3 is 2.68 bits per heavy atom. The van der Waals surface area contributed by atoms with E-state index in [1.165, 1.54) is 0 Å². The van der Waals surface area contributed by atoms with Crippen LogP contribution in [0.4, 0.5) is 0 Å². The molecule has 2 aromatic carbocycles. The minimum absolute atomic E-state index is 0. The Morgan fingerprint density at radius 2 is 1.84 bits per heavy atom. The van der Waals surface area contributed by atoms with Crippen molar-refractivity contribution in [1.82, 2.24) is 4.98 Å². The summed E-state index contributed by atoms with van der Waals surface area (Å²) in [6.07, 6.45) is 0. The molecule has 0 fully saturated rings. The van der Waals surface area contributed by atoms with Crippen molar-refractivity contribution >= 4 is 50.8 Å². The van der Waals surface area contributed by atoms with Crippen molar-refractivity contribution in [2.24, 2.45) is 0 Å². The smallest absolute Gasteiger partial charge is 0.179 e. The summed E-state index contributed by atoms with van der Waals surface area (Å²) in [6, 6.07) is 11.7. The van der Waals surface area contributed by atoms with E-state index in [4.69, 9.17) is 0 Å². The zero-order valence-electron chi connectivity index (χ0n) is 9.80. The van der Waals surface area contributed by atoms with E-state index in [2.05, 4.69) is 4.98 Å². The summed E-state index contributed by atoms with van der Waals surface area (Å²) in [6.45, 7) is 0. The summed E-state index contributed by atoms with van der Waals surface area (Å²) < 4.78 is 11.8. The normalized spacial score (nSPS) is 17.7. The van der Waals surface area contributed by atoms with Crippen LogP contribution in [0.25, 0.3) is 21.8 Å². The van der Waals surface area contributed by atoms with Crippen molar-refractivity contribution < 1.29 is 9.00 Å². The highest BCUT2D eigenvalue weighted by atomic mass is 35.5. The molecule has 1 unspecified atom stereocenters. The van der Waals surface area contributed by atoms with Gasteiger partial charge in [0.1, 0.15) is 0 Å². The van der Waals surface area contributed by atoms with Gasteiger partial charge in [0, 0.05) is 16.3 Å². The lowest BCUT2D eigenvalue weighted by atomic mass is 10.1. The fourth-order valence-electron chi connectivity index (χ4n) is 2.64. The Labute approximate surface area is 117 Å². The number of carbonyl (C=O) groups is 1. The molecule has 1 aliphatic heterocycles. The molecule has 0 spiro atoms. The van der Waals surface area contributed by atoms with E-state index in [0.717, 1.165) is 21.8 Å². The number of H-pyrrole nitrogens is 1. The summed E-state index contributed by atoms with van der Waals surface area (Å²) >= 11 is 0. The predicted molar refractivity (Wildman–Crippen MR) is 78.7 cm³/mol. The number of ketones is 1. The largest absolute Gasteiger partial charge is 0.354 e. The average molecular weight is 292 g/mol. The first-order valence-corrected chi connectivity index (χ1v) is 7.02. The second-order valence-electron chi connectivity index (χ2n) is 4.44. The van der Waals surface area contributed by atoms with Crippen LogP contribution in [0.15, 0.2) is 41.3 Å². The van der Waals surface area contributed by atoms with Crippen molar-refractivity contribution in [2.75, 3.05) is 5.75 Å². The molecule has 1 N–H and O–H groups in total. The first-order valence-electron chi connectivity index (χ1n) is 5.71. The van der Waals surface area contributed by atoms with Crippen LogP contribution in [0.1, 0.15) is 10.4 Å². The third-order valence-electron chi connectivity index (χ3n) is 3.43. The monoisotopic (exact) mass is 291 g/mol. The summed E-state index contributed by atoms with van der Waals surface area (Å²) in [5, 5.41) is 2.12. The molecule has 96 valence electrons. The molecule has 5 heteroatoms. The summed E-state index contributed by atoms with van der Waals surface area (Å²) in [5.74, 6) is 0.0876. The minimum Gasteiger partial charge on any atom is -0.354 e. The zero-order valence-corrected chi connectivity index (χ0v) is 11.4. The molecule has 2 heterocycles. The van der Waals surface area contributed by atoms with Crippen LogP contribution in [0, 0.1) is 0 Å². The number of carbonyl (C=O) groups excluding carboxylic acids is 1. The standard InChI is InChI=1S/C14H9NO2S.ClH/c16-11-7-18(17)12-6-5-9-8-3-1-2-4-10(8)15-14(9)13(11)12;/h1-6,15H,7H2;1H. The van der Waals surface area contributed by atoms with Crippen LogP contribution in [0.2, 0.25) is 0 Å². The molecule has 19 heavy (non-hydrogen) atoms. The van der Waals surface area contributed by atoms with Gasteiger partial charge in [0.2, 0.25) is 0 Å². The number of aromatic nitrogens is 1. The van der Waals surface area contributed by atoms with Gasteiger partial charge in [0.05, 0.1) is 32.5 Å². The van der Waals surface area contributed by atoms with Crippen molar-refractivity contribution in [3.63, 3.8) is 0 Å². The SMILES string of the molecule is Cl.O=C1CS(=O)c2ccc3c([nH]c4ccccc43)c21. The molecule has 0 amide bonds. The fraction of sp³-hybridized carbons (Fsp3) is 0.0714. The molecule has 0 saturated heterocycles. The molecule has 1 atom stereocenters. The van der Waals surface area contributed by atoms with Gasteiger partial charge in [0.15, 0.2) is 5.78 Å². The van der Waals surface area contributed by atoms with Gasteiger partial charge < -0.3 is 4.98 Å². The molecular formula is C14H10ClNO2S. The Morgan fingerprint density at radius 1 is 1.05 bits per heavy atom. The maximum absolute atomic E-state index is 12.0. The molecule has 0 aliphatic carbocycles. The third kappa shape index (κ3) is 1.57. The Bertz CT molecular complexity index is 853. The number of halogens is 1. The van der Waals surface area contributed by atoms with Crippen LogP contribution in [-0.2, 0) is 10.8 Å². The van der Waals surface area contributed by atoms with E-state index < -0.39 is 10.8 Å². The molecule has 0 bridgehead atoms. The molecule has 4 rings (SSSR count). The third-order valence-corrected chi connectivity index (χ3v) is 4.79. The summed E-state index contributed by atoms with van der Waals surface area (Å²) in [7, 11) is -1.18. The molecule has 3 nitrogen and oxygen atoms in total. The van der Waals surface area contributed by atoms with Gasteiger partial charge in [-0.15, -0.1) is 12.4 Å². The fourth-order valence-corrected chi connectivity index (χ4v) is 3.84. The van der Waals surface area contributed by atoms with Crippen molar-refractivity contribution in [2.45, 2.75) is 4.90 Å².